The molecule has 0 bridgehead atoms. The fourth-order valence-corrected chi connectivity index (χ4v) is 4.86. The molecule has 1 nitrogen and oxygen atoms in total. The summed E-state index contributed by atoms with van der Waals surface area (Å²) in [7, 11) is 0. The van der Waals surface area contributed by atoms with Crippen molar-refractivity contribution in [3.63, 3.8) is 0 Å². The fraction of sp³-hybridized carbons (Fsp3) is 0.250. The molecule has 1 aromatic heterocycles. The lowest BCUT2D eigenvalue weighted by molar-refractivity contribution is 0.650. The van der Waals surface area contributed by atoms with Gasteiger partial charge in [0, 0.05) is 16.4 Å². The Labute approximate surface area is 173 Å². The Morgan fingerprint density at radius 1 is 0.793 bits per heavy atom. The van der Waals surface area contributed by atoms with Crippen LogP contribution in [0.3, 0.4) is 0 Å². The van der Waals surface area contributed by atoms with Gasteiger partial charge in [-0.25, -0.2) is 4.98 Å². The van der Waals surface area contributed by atoms with Crippen LogP contribution >= 0.6 is 0 Å². The molecule has 0 N–H and O–H groups in total. The maximum atomic E-state index is 5.04. The van der Waals surface area contributed by atoms with Gasteiger partial charge >= 0.3 is 0 Å². The van der Waals surface area contributed by atoms with Crippen LogP contribution in [0.25, 0.3) is 33.3 Å². The summed E-state index contributed by atoms with van der Waals surface area (Å²) in [6.45, 7) is 9.19. The van der Waals surface area contributed by atoms with Gasteiger partial charge in [-0.2, -0.15) is 0 Å². The lowest BCUT2D eigenvalue weighted by atomic mass is 9.82. The second-order valence-corrected chi connectivity index (χ2v) is 9.21. The smallest absolute Gasteiger partial charge is 0.0712 e. The minimum absolute atomic E-state index is 0.0171. The van der Waals surface area contributed by atoms with Gasteiger partial charge in [-0.1, -0.05) is 82.3 Å². The molecule has 0 spiro atoms. The standard InChI is InChI=1S/C28H27N/c1-18(2)16-19-8-7-11-27-21(19)14-15-26(29-27)20-12-13-23-22-9-5-6-10-24(22)28(3,4)25(23)17-20/h5-15,17-18H,16H2,1-4H3. The maximum absolute atomic E-state index is 5.04. The summed E-state index contributed by atoms with van der Waals surface area (Å²) < 4.78 is 0. The van der Waals surface area contributed by atoms with E-state index in [9.17, 15) is 0 Å². The van der Waals surface area contributed by atoms with Gasteiger partial charge in [0.05, 0.1) is 11.2 Å². The normalized spacial score (nSPS) is 14.2. The first-order valence-electron chi connectivity index (χ1n) is 10.6. The van der Waals surface area contributed by atoms with Crippen LogP contribution < -0.4 is 0 Å². The van der Waals surface area contributed by atoms with Gasteiger partial charge < -0.3 is 0 Å². The van der Waals surface area contributed by atoms with Crippen molar-refractivity contribution in [1.29, 1.82) is 0 Å². The van der Waals surface area contributed by atoms with E-state index in [2.05, 4.69) is 100 Å². The van der Waals surface area contributed by atoms with E-state index in [1.165, 1.54) is 38.8 Å². The van der Waals surface area contributed by atoms with E-state index in [0.717, 1.165) is 17.6 Å². The topological polar surface area (TPSA) is 12.9 Å². The van der Waals surface area contributed by atoms with E-state index >= 15 is 0 Å². The molecule has 0 fully saturated rings. The number of hydrogen-bond acceptors (Lipinski definition) is 1. The number of rotatable bonds is 3. The second kappa shape index (κ2) is 6.56. The average molecular weight is 378 g/mol. The number of pyridine rings is 1. The summed E-state index contributed by atoms with van der Waals surface area (Å²) >= 11 is 0. The molecule has 0 aliphatic heterocycles. The number of aromatic nitrogens is 1. The third kappa shape index (κ3) is 2.88. The third-order valence-corrected chi connectivity index (χ3v) is 6.33. The van der Waals surface area contributed by atoms with Crippen molar-refractivity contribution in [2.45, 2.75) is 39.5 Å². The highest BCUT2D eigenvalue weighted by molar-refractivity contribution is 5.86. The Morgan fingerprint density at radius 2 is 1.59 bits per heavy atom. The second-order valence-electron chi connectivity index (χ2n) is 9.21. The van der Waals surface area contributed by atoms with E-state index in [0.29, 0.717) is 5.92 Å². The quantitative estimate of drug-likeness (QED) is 0.362. The Bertz CT molecular complexity index is 1230. The highest BCUT2D eigenvalue weighted by Crippen LogP contribution is 2.49. The first-order valence-corrected chi connectivity index (χ1v) is 10.6. The zero-order valence-corrected chi connectivity index (χ0v) is 17.7. The van der Waals surface area contributed by atoms with Crippen LogP contribution in [-0.2, 0) is 11.8 Å². The molecule has 1 aliphatic rings. The molecule has 5 rings (SSSR count). The molecule has 0 atom stereocenters. The first-order chi connectivity index (χ1) is 13.9. The lowest BCUT2D eigenvalue weighted by Gasteiger charge is -2.22. The highest BCUT2D eigenvalue weighted by atomic mass is 14.7. The van der Waals surface area contributed by atoms with Crippen molar-refractivity contribution in [2.24, 2.45) is 5.92 Å². The first kappa shape index (κ1) is 18.1. The number of nitrogens with zero attached hydrogens (tertiary/aromatic N) is 1. The molecule has 1 heterocycles. The summed E-state index contributed by atoms with van der Waals surface area (Å²) in [5, 5.41) is 1.28. The van der Waals surface area contributed by atoms with Crippen molar-refractivity contribution >= 4 is 10.9 Å². The molecular formula is C28H27N. The number of hydrogen-bond donors (Lipinski definition) is 0. The van der Waals surface area contributed by atoms with Gasteiger partial charge in [-0.15, -0.1) is 0 Å². The Balaban J connectivity index is 1.61. The molecule has 4 aromatic rings. The van der Waals surface area contributed by atoms with Crippen LogP contribution in [0.2, 0.25) is 0 Å². The van der Waals surface area contributed by atoms with E-state index in [4.69, 9.17) is 4.98 Å². The van der Waals surface area contributed by atoms with Crippen LogP contribution in [0.5, 0.6) is 0 Å². The van der Waals surface area contributed by atoms with Gasteiger partial charge in [0.15, 0.2) is 0 Å². The zero-order valence-electron chi connectivity index (χ0n) is 17.7. The average Bonchev–Trinajstić information content (AvgIpc) is 2.95. The van der Waals surface area contributed by atoms with Gasteiger partial charge in [0.2, 0.25) is 0 Å². The molecule has 1 heteroatoms. The molecule has 0 amide bonds. The predicted octanol–water partition coefficient (Wildman–Crippen LogP) is 7.41. The number of fused-ring (bicyclic) bond motifs is 4. The van der Waals surface area contributed by atoms with Crippen molar-refractivity contribution in [1.82, 2.24) is 4.98 Å². The van der Waals surface area contributed by atoms with E-state index < -0.39 is 0 Å². The Morgan fingerprint density at radius 3 is 2.41 bits per heavy atom. The fourth-order valence-electron chi connectivity index (χ4n) is 4.86. The van der Waals surface area contributed by atoms with Crippen LogP contribution in [0, 0.1) is 5.92 Å². The van der Waals surface area contributed by atoms with E-state index in [-0.39, 0.29) is 5.41 Å². The van der Waals surface area contributed by atoms with Gasteiger partial charge in [0.1, 0.15) is 0 Å². The Kier molecular flexibility index (Phi) is 4.10. The lowest BCUT2D eigenvalue weighted by Crippen LogP contribution is -2.14. The van der Waals surface area contributed by atoms with Crippen molar-refractivity contribution in [3.05, 3.63) is 89.5 Å². The summed E-state index contributed by atoms with van der Waals surface area (Å²) in [4.78, 5) is 5.04. The monoisotopic (exact) mass is 377 g/mol. The SMILES string of the molecule is CC(C)Cc1cccc2nc(-c3ccc4c(c3)C(C)(C)c3ccccc3-4)ccc12. The predicted molar refractivity (Wildman–Crippen MR) is 123 cm³/mol. The van der Waals surface area contributed by atoms with Gasteiger partial charge in [0.25, 0.3) is 0 Å². The highest BCUT2D eigenvalue weighted by Gasteiger charge is 2.35. The summed E-state index contributed by atoms with van der Waals surface area (Å²) in [5.41, 5.74) is 10.3. The van der Waals surface area contributed by atoms with Crippen molar-refractivity contribution in [2.75, 3.05) is 0 Å². The van der Waals surface area contributed by atoms with E-state index in [1.807, 2.05) is 0 Å². The maximum Gasteiger partial charge on any atom is 0.0712 e. The van der Waals surface area contributed by atoms with Crippen LogP contribution in [0.15, 0.2) is 72.8 Å². The number of benzene rings is 3. The Hall–Kier alpha value is -2.93. The van der Waals surface area contributed by atoms with E-state index in [1.54, 1.807) is 0 Å². The summed E-state index contributed by atoms with van der Waals surface area (Å²) in [6, 6.07) is 26.6. The van der Waals surface area contributed by atoms with Crippen molar-refractivity contribution < 1.29 is 0 Å². The molecular weight excluding hydrogens is 350 g/mol. The minimum atomic E-state index is 0.0171. The molecule has 0 unspecified atom stereocenters. The zero-order chi connectivity index (χ0) is 20.2. The van der Waals surface area contributed by atoms with Crippen molar-refractivity contribution in [3.8, 4) is 22.4 Å². The van der Waals surface area contributed by atoms with Crippen LogP contribution in [0.4, 0.5) is 0 Å². The molecule has 1 aliphatic carbocycles. The molecule has 29 heavy (non-hydrogen) atoms. The summed E-state index contributed by atoms with van der Waals surface area (Å²) in [5.74, 6) is 0.640. The largest absolute Gasteiger partial charge is 0.248 e. The molecule has 0 saturated heterocycles. The molecule has 0 saturated carbocycles. The minimum Gasteiger partial charge on any atom is -0.248 e. The van der Waals surface area contributed by atoms with Gasteiger partial charge in [-0.3, -0.25) is 0 Å². The molecule has 144 valence electrons. The summed E-state index contributed by atoms with van der Waals surface area (Å²) in [6.07, 6.45) is 1.09. The third-order valence-electron chi connectivity index (χ3n) is 6.33. The van der Waals surface area contributed by atoms with Crippen LogP contribution in [-0.4, -0.2) is 4.98 Å². The van der Waals surface area contributed by atoms with Gasteiger partial charge in [-0.05, 0) is 58.4 Å². The molecule has 0 radical (unpaired) electrons. The van der Waals surface area contributed by atoms with Crippen LogP contribution in [0.1, 0.15) is 44.4 Å². The molecule has 3 aromatic carbocycles.